The minimum atomic E-state index is -2.99. The summed E-state index contributed by atoms with van der Waals surface area (Å²) in [6.07, 6.45) is -2.46. The molecule has 0 bridgehead atoms. The lowest BCUT2D eigenvalue weighted by Gasteiger charge is -2.16. The van der Waals surface area contributed by atoms with E-state index in [0.717, 1.165) is 4.68 Å². The van der Waals surface area contributed by atoms with E-state index in [1.807, 2.05) is 13.8 Å². The zero-order valence-electron chi connectivity index (χ0n) is 10.1. The quantitative estimate of drug-likeness (QED) is 0.760. The lowest BCUT2D eigenvalue weighted by molar-refractivity contribution is -0.0315. The Morgan fingerprint density at radius 1 is 1.39 bits per heavy atom. The Morgan fingerprint density at radius 3 is 2.61 bits per heavy atom. The molecule has 2 aliphatic carbocycles. The zero-order valence-corrected chi connectivity index (χ0v) is 10.1. The highest BCUT2D eigenvalue weighted by Gasteiger charge is 2.67. The van der Waals surface area contributed by atoms with Crippen LogP contribution < -0.4 is 0 Å². The first kappa shape index (κ1) is 12.0. The molecule has 18 heavy (non-hydrogen) atoms. The second-order valence-electron chi connectivity index (χ2n) is 5.60. The SMILES string of the molecule is CC(C)Cn1nc(C(F)F)c2c1C(F)(F)C1CC21. The van der Waals surface area contributed by atoms with E-state index in [9.17, 15) is 17.6 Å². The molecule has 0 amide bonds. The molecule has 2 atom stereocenters. The summed E-state index contributed by atoms with van der Waals surface area (Å²) in [5.41, 5.74) is -0.566. The number of rotatable bonds is 3. The highest BCUT2D eigenvalue weighted by molar-refractivity contribution is 5.46. The number of alkyl halides is 4. The van der Waals surface area contributed by atoms with Gasteiger partial charge in [-0.2, -0.15) is 13.9 Å². The van der Waals surface area contributed by atoms with Crippen LogP contribution in [0.15, 0.2) is 0 Å². The van der Waals surface area contributed by atoms with E-state index in [2.05, 4.69) is 5.10 Å². The molecule has 3 rings (SSSR count). The molecule has 1 heterocycles. The van der Waals surface area contributed by atoms with E-state index < -0.39 is 29.9 Å². The van der Waals surface area contributed by atoms with Crippen molar-refractivity contribution >= 4 is 0 Å². The van der Waals surface area contributed by atoms with Gasteiger partial charge in [0.15, 0.2) is 0 Å². The molecule has 2 unspecified atom stereocenters. The van der Waals surface area contributed by atoms with Gasteiger partial charge in [-0.05, 0) is 18.3 Å². The fourth-order valence-electron chi connectivity index (χ4n) is 2.94. The Bertz CT molecular complexity index is 493. The van der Waals surface area contributed by atoms with E-state index >= 15 is 0 Å². The van der Waals surface area contributed by atoms with Gasteiger partial charge in [-0.15, -0.1) is 0 Å². The maximum atomic E-state index is 14.1. The lowest BCUT2D eigenvalue weighted by Crippen LogP contribution is -2.21. The van der Waals surface area contributed by atoms with Crippen molar-refractivity contribution in [2.24, 2.45) is 11.8 Å². The normalized spacial score (nSPS) is 27.8. The number of fused-ring (bicyclic) bond motifs is 3. The summed E-state index contributed by atoms with van der Waals surface area (Å²) in [5.74, 6) is -4.08. The van der Waals surface area contributed by atoms with Crippen molar-refractivity contribution in [2.45, 2.75) is 45.1 Å². The van der Waals surface area contributed by atoms with Gasteiger partial charge in [0.1, 0.15) is 11.4 Å². The number of hydrogen-bond acceptors (Lipinski definition) is 1. The third-order valence-electron chi connectivity index (χ3n) is 3.71. The van der Waals surface area contributed by atoms with Gasteiger partial charge >= 0.3 is 0 Å². The predicted octanol–water partition coefficient (Wildman–Crippen LogP) is 3.69. The number of nitrogens with zero attached hydrogens (tertiary/aromatic N) is 2. The van der Waals surface area contributed by atoms with E-state index in [1.54, 1.807) is 0 Å². The van der Waals surface area contributed by atoms with Gasteiger partial charge < -0.3 is 0 Å². The Labute approximate surface area is 102 Å². The molecule has 0 saturated heterocycles. The summed E-state index contributed by atoms with van der Waals surface area (Å²) >= 11 is 0. The smallest absolute Gasteiger partial charge is 0.262 e. The highest BCUT2D eigenvalue weighted by atomic mass is 19.3. The predicted molar refractivity (Wildman–Crippen MR) is 56.8 cm³/mol. The summed E-state index contributed by atoms with van der Waals surface area (Å²) in [6.45, 7) is 3.96. The Kier molecular flexibility index (Phi) is 2.32. The first-order valence-corrected chi connectivity index (χ1v) is 6.11. The lowest BCUT2D eigenvalue weighted by atomic mass is 10.1. The van der Waals surface area contributed by atoms with Crippen LogP contribution in [0.25, 0.3) is 0 Å². The van der Waals surface area contributed by atoms with E-state index in [0.29, 0.717) is 6.42 Å². The summed E-state index contributed by atoms with van der Waals surface area (Å²) in [4.78, 5) is 0. The van der Waals surface area contributed by atoms with Crippen LogP contribution >= 0.6 is 0 Å². The van der Waals surface area contributed by atoms with Crippen molar-refractivity contribution in [1.29, 1.82) is 0 Å². The molecular weight excluding hydrogens is 248 g/mol. The topological polar surface area (TPSA) is 17.8 Å². The molecule has 2 nitrogen and oxygen atoms in total. The summed E-state index contributed by atoms with van der Waals surface area (Å²) < 4.78 is 55.0. The summed E-state index contributed by atoms with van der Waals surface area (Å²) in [5, 5.41) is 3.73. The fourth-order valence-corrected chi connectivity index (χ4v) is 2.94. The van der Waals surface area contributed by atoms with Gasteiger partial charge in [0, 0.05) is 18.0 Å². The third kappa shape index (κ3) is 1.44. The second-order valence-corrected chi connectivity index (χ2v) is 5.60. The van der Waals surface area contributed by atoms with Gasteiger partial charge in [0.2, 0.25) is 0 Å². The number of halogens is 4. The molecular formula is C12H14F4N2. The van der Waals surface area contributed by atoms with Crippen LogP contribution in [0.3, 0.4) is 0 Å². The molecule has 0 aliphatic heterocycles. The average Bonchev–Trinajstić information content (AvgIpc) is 2.88. The van der Waals surface area contributed by atoms with Crippen LogP contribution in [0.5, 0.6) is 0 Å². The Morgan fingerprint density at radius 2 is 2.06 bits per heavy atom. The third-order valence-corrected chi connectivity index (χ3v) is 3.71. The Hall–Kier alpha value is -1.07. The van der Waals surface area contributed by atoms with Crippen LogP contribution in [0.4, 0.5) is 17.6 Å². The van der Waals surface area contributed by atoms with Gasteiger partial charge in [0.05, 0.1) is 0 Å². The maximum Gasteiger partial charge on any atom is 0.293 e. The van der Waals surface area contributed by atoms with Crippen molar-refractivity contribution in [1.82, 2.24) is 9.78 Å². The summed E-state index contributed by atoms with van der Waals surface area (Å²) in [6, 6.07) is 0. The molecule has 1 aromatic heterocycles. The van der Waals surface area contributed by atoms with Gasteiger partial charge in [-0.25, -0.2) is 8.78 Å². The van der Waals surface area contributed by atoms with Gasteiger partial charge in [0.25, 0.3) is 12.3 Å². The first-order valence-electron chi connectivity index (χ1n) is 6.11. The van der Waals surface area contributed by atoms with Crippen LogP contribution in [0.1, 0.15) is 49.6 Å². The minimum absolute atomic E-state index is 0.0900. The van der Waals surface area contributed by atoms with E-state index in [1.165, 1.54) is 0 Å². The number of aromatic nitrogens is 2. The molecule has 6 heteroatoms. The van der Waals surface area contributed by atoms with E-state index in [-0.39, 0.29) is 23.7 Å². The highest BCUT2D eigenvalue weighted by Crippen LogP contribution is 2.68. The molecule has 0 spiro atoms. The first-order chi connectivity index (χ1) is 8.34. The molecule has 1 saturated carbocycles. The van der Waals surface area contributed by atoms with Gasteiger partial charge in [-0.3, -0.25) is 4.68 Å². The van der Waals surface area contributed by atoms with Crippen molar-refractivity contribution in [3.63, 3.8) is 0 Å². The number of hydrogen-bond donors (Lipinski definition) is 0. The molecule has 1 fully saturated rings. The van der Waals surface area contributed by atoms with E-state index in [4.69, 9.17) is 0 Å². The van der Waals surface area contributed by atoms with Crippen molar-refractivity contribution in [3.8, 4) is 0 Å². The fraction of sp³-hybridized carbons (Fsp3) is 0.750. The van der Waals surface area contributed by atoms with Crippen LogP contribution in [0, 0.1) is 11.8 Å². The van der Waals surface area contributed by atoms with Crippen molar-refractivity contribution < 1.29 is 17.6 Å². The van der Waals surface area contributed by atoms with Crippen LogP contribution in [-0.4, -0.2) is 9.78 Å². The van der Waals surface area contributed by atoms with Crippen molar-refractivity contribution in [3.05, 3.63) is 17.0 Å². The molecule has 1 aromatic rings. The molecule has 2 aliphatic rings. The molecule has 0 N–H and O–H groups in total. The largest absolute Gasteiger partial charge is 0.293 e. The monoisotopic (exact) mass is 262 g/mol. The molecule has 0 radical (unpaired) electrons. The average molecular weight is 262 g/mol. The maximum absolute atomic E-state index is 14.1. The summed E-state index contributed by atoms with van der Waals surface area (Å²) in [7, 11) is 0. The standard InChI is InChI=1S/C12H14F4N2/c1-5(2)4-18-10-8(9(17-18)11(13)14)6-3-7(6)12(10,15)16/h5-7,11H,3-4H2,1-2H3. The van der Waals surface area contributed by atoms with Gasteiger partial charge in [-0.1, -0.05) is 13.8 Å². The second kappa shape index (κ2) is 3.48. The zero-order chi connectivity index (χ0) is 13.2. The van der Waals surface area contributed by atoms with Crippen LogP contribution in [0.2, 0.25) is 0 Å². The van der Waals surface area contributed by atoms with Crippen LogP contribution in [-0.2, 0) is 12.5 Å². The minimum Gasteiger partial charge on any atom is -0.262 e. The molecule has 0 aromatic carbocycles. The van der Waals surface area contributed by atoms with Crippen molar-refractivity contribution in [2.75, 3.05) is 0 Å². The molecule has 100 valence electrons. The Balaban J connectivity index is 2.13.